The highest BCUT2D eigenvalue weighted by atomic mass is 32.1. The Labute approximate surface area is 123 Å². The van der Waals surface area contributed by atoms with E-state index in [0.29, 0.717) is 5.82 Å². The zero-order valence-corrected chi connectivity index (χ0v) is 13.1. The average molecular weight is 285 g/mol. The van der Waals surface area contributed by atoms with Gasteiger partial charge < -0.3 is 5.73 Å². The average Bonchev–Trinajstić information content (AvgIpc) is 2.95. The van der Waals surface area contributed by atoms with Gasteiger partial charge in [0.15, 0.2) is 0 Å². The van der Waals surface area contributed by atoms with Crippen LogP contribution in [-0.2, 0) is 5.41 Å². The van der Waals surface area contributed by atoms with Gasteiger partial charge in [-0.05, 0) is 36.1 Å². The molecular weight excluding hydrogens is 266 g/mol. The van der Waals surface area contributed by atoms with E-state index in [1.807, 2.05) is 16.7 Å². The molecule has 0 aromatic carbocycles. The Balaban J connectivity index is 2.18. The van der Waals surface area contributed by atoms with Crippen molar-refractivity contribution in [1.82, 2.24) is 9.38 Å². The first-order chi connectivity index (χ1) is 9.38. The van der Waals surface area contributed by atoms with Crippen LogP contribution < -0.4 is 5.73 Å². The molecule has 0 aliphatic carbocycles. The first-order valence-corrected chi connectivity index (χ1v) is 7.53. The van der Waals surface area contributed by atoms with Gasteiger partial charge in [0.05, 0.1) is 4.88 Å². The number of thiophene rings is 1. The first kappa shape index (κ1) is 13.2. The van der Waals surface area contributed by atoms with Gasteiger partial charge in [-0.3, -0.25) is 4.40 Å². The molecule has 2 N–H and O–H groups in total. The minimum atomic E-state index is 0.159. The number of imidazole rings is 1. The summed E-state index contributed by atoms with van der Waals surface area (Å²) >= 11 is 1.77. The second kappa shape index (κ2) is 4.35. The molecule has 0 aliphatic rings. The quantitative estimate of drug-likeness (QED) is 0.726. The van der Waals surface area contributed by atoms with Crippen molar-refractivity contribution in [2.75, 3.05) is 5.73 Å². The summed E-state index contributed by atoms with van der Waals surface area (Å²) in [6.07, 6.45) is 1.96. The molecule has 0 aliphatic heterocycles. The molecule has 0 spiro atoms. The number of aryl methyl sites for hydroxylation is 1. The van der Waals surface area contributed by atoms with Crippen LogP contribution in [0.5, 0.6) is 0 Å². The van der Waals surface area contributed by atoms with E-state index in [4.69, 9.17) is 10.7 Å². The first-order valence-electron chi connectivity index (χ1n) is 6.72. The fourth-order valence-corrected chi connectivity index (χ4v) is 3.33. The summed E-state index contributed by atoms with van der Waals surface area (Å²) in [4.78, 5) is 7.21. The van der Waals surface area contributed by atoms with Crippen LogP contribution in [0.3, 0.4) is 0 Å². The molecule has 0 unspecified atom stereocenters. The largest absolute Gasteiger partial charge is 0.383 e. The van der Waals surface area contributed by atoms with Gasteiger partial charge in [0, 0.05) is 11.1 Å². The van der Waals surface area contributed by atoms with Crippen LogP contribution in [0.4, 0.5) is 5.82 Å². The number of nitrogens with two attached hydrogens (primary N) is 1. The summed E-state index contributed by atoms with van der Waals surface area (Å²) in [6.45, 7) is 8.72. The van der Waals surface area contributed by atoms with Crippen LogP contribution in [-0.4, -0.2) is 9.38 Å². The maximum atomic E-state index is 6.27. The van der Waals surface area contributed by atoms with Crippen molar-refractivity contribution < 1.29 is 0 Å². The monoisotopic (exact) mass is 285 g/mol. The number of rotatable bonds is 1. The lowest BCUT2D eigenvalue weighted by molar-refractivity contribution is 0.604. The zero-order chi connectivity index (χ0) is 14.5. The molecule has 0 fully saturated rings. The lowest BCUT2D eigenvalue weighted by Gasteiger charge is -2.15. The van der Waals surface area contributed by atoms with Gasteiger partial charge in [-0.15, -0.1) is 11.3 Å². The Hall–Kier alpha value is -1.81. The van der Waals surface area contributed by atoms with Crippen molar-refractivity contribution in [3.05, 3.63) is 40.9 Å². The van der Waals surface area contributed by atoms with Gasteiger partial charge in [-0.1, -0.05) is 26.8 Å². The summed E-state index contributed by atoms with van der Waals surface area (Å²) in [5.74, 6) is 0.714. The topological polar surface area (TPSA) is 43.3 Å². The second-order valence-corrected chi connectivity index (χ2v) is 7.23. The molecule has 0 saturated heterocycles. The molecule has 0 amide bonds. The van der Waals surface area contributed by atoms with E-state index < -0.39 is 0 Å². The highest BCUT2D eigenvalue weighted by Gasteiger charge is 2.19. The van der Waals surface area contributed by atoms with Crippen molar-refractivity contribution in [2.45, 2.75) is 33.1 Å². The normalized spacial score (nSPS) is 12.2. The zero-order valence-electron chi connectivity index (χ0n) is 12.3. The van der Waals surface area contributed by atoms with E-state index in [1.54, 1.807) is 11.3 Å². The van der Waals surface area contributed by atoms with E-state index >= 15 is 0 Å². The number of anilines is 1. The molecule has 0 bridgehead atoms. The number of hydrogen-bond donors (Lipinski definition) is 1. The number of fused-ring (bicyclic) bond motifs is 1. The number of nitrogens with zero attached hydrogens (tertiary/aromatic N) is 2. The number of hydrogen-bond acceptors (Lipinski definition) is 3. The third-order valence-electron chi connectivity index (χ3n) is 3.46. The lowest BCUT2D eigenvalue weighted by atomic mass is 9.95. The van der Waals surface area contributed by atoms with E-state index in [9.17, 15) is 0 Å². The molecule has 3 nitrogen and oxygen atoms in total. The van der Waals surface area contributed by atoms with Crippen LogP contribution in [0.2, 0.25) is 0 Å². The number of aromatic nitrogens is 2. The van der Waals surface area contributed by atoms with Crippen LogP contribution in [0.15, 0.2) is 30.5 Å². The predicted molar refractivity (Wildman–Crippen MR) is 86.4 cm³/mol. The summed E-state index contributed by atoms with van der Waals surface area (Å²) in [6, 6.07) is 8.36. The van der Waals surface area contributed by atoms with Crippen LogP contribution in [0, 0.1) is 6.92 Å². The molecule has 20 heavy (non-hydrogen) atoms. The maximum Gasteiger partial charge on any atom is 0.142 e. The molecule has 104 valence electrons. The van der Waals surface area contributed by atoms with Crippen LogP contribution >= 0.6 is 11.3 Å². The highest BCUT2D eigenvalue weighted by molar-refractivity contribution is 7.15. The minimum Gasteiger partial charge on any atom is -0.383 e. The lowest BCUT2D eigenvalue weighted by Crippen LogP contribution is -2.07. The van der Waals surface area contributed by atoms with Crippen molar-refractivity contribution in [1.29, 1.82) is 0 Å². The van der Waals surface area contributed by atoms with Crippen molar-refractivity contribution in [2.24, 2.45) is 0 Å². The predicted octanol–water partition coefficient (Wildman–Crippen LogP) is 4.25. The smallest absolute Gasteiger partial charge is 0.142 e. The highest BCUT2D eigenvalue weighted by Crippen LogP contribution is 2.37. The third kappa shape index (κ3) is 2.00. The number of nitrogen functional groups attached to an aromatic ring is 1. The van der Waals surface area contributed by atoms with Crippen molar-refractivity contribution in [3.63, 3.8) is 0 Å². The second-order valence-electron chi connectivity index (χ2n) is 6.14. The Bertz CT molecular complexity index is 775. The molecule has 0 radical (unpaired) electrons. The Morgan fingerprint density at radius 3 is 2.55 bits per heavy atom. The summed E-state index contributed by atoms with van der Waals surface area (Å²) in [5, 5.41) is 0. The molecule has 0 atom stereocenters. The number of pyridine rings is 1. The minimum absolute atomic E-state index is 0.159. The van der Waals surface area contributed by atoms with Gasteiger partial charge >= 0.3 is 0 Å². The fraction of sp³-hybridized carbons (Fsp3) is 0.312. The Morgan fingerprint density at radius 1 is 1.20 bits per heavy atom. The third-order valence-corrected chi connectivity index (χ3v) is 4.98. The van der Waals surface area contributed by atoms with E-state index in [2.05, 4.69) is 45.9 Å². The SMILES string of the molecule is Cc1cccn2c(N)c(-c3ccc(C(C)(C)C)s3)nc12. The van der Waals surface area contributed by atoms with E-state index in [0.717, 1.165) is 21.8 Å². The van der Waals surface area contributed by atoms with Gasteiger partial charge in [0.2, 0.25) is 0 Å². The van der Waals surface area contributed by atoms with Crippen molar-refractivity contribution >= 4 is 22.8 Å². The van der Waals surface area contributed by atoms with Gasteiger partial charge in [0.1, 0.15) is 17.2 Å². The van der Waals surface area contributed by atoms with Crippen molar-refractivity contribution in [3.8, 4) is 10.6 Å². The van der Waals surface area contributed by atoms with Crippen LogP contribution in [0.1, 0.15) is 31.2 Å². The Kier molecular flexibility index (Phi) is 2.87. The molecule has 3 aromatic rings. The Morgan fingerprint density at radius 2 is 1.95 bits per heavy atom. The molecular formula is C16H19N3S. The standard InChI is InChI=1S/C16H19N3S/c1-10-6-5-9-19-14(17)13(18-15(10)19)11-7-8-12(20-11)16(2,3)4/h5-9H,17H2,1-4H3. The molecule has 3 heterocycles. The summed E-state index contributed by atoms with van der Waals surface area (Å²) < 4.78 is 1.96. The van der Waals surface area contributed by atoms with Gasteiger partial charge in [0.25, 0.3) is 0 Å². The summed E-state index contributed by atoms with van der Waals surface area (Å²) in [5.41, 5.74) is 9.39. The van der Waals surface area contributed by atoms with Gasteiger partial charge in [-0.25, -0.2) is 4.98 Å². The van der Waals surface area contributed by atoms with E-state index in [1.165, 1.54) is 4.88 Å². The molecule has 0 saturated carbocycles. The van der Waals surface area contributed by atoms with E-state index in [-0.39, 0.29) is 5.41 Å². The molecule has 4 heteroatoms. The maximum absolute atomic E-state index is 6.27. The van der Waals surface area contributed by atoms with Gasteiger partial charge in [-0.2, -0.15) is 0 Å². The van der Waals surface area contributed by atoms with Crippen LogP contribution in [0.25, 0.3) is 16.2 Å². The summed E-state index contributed by atoms with van der Waals surface area (Å²) in [7, 11) is 0. The molecule has 3 aromatic heterocycles. The molecule has 3 rings (SSSR count). The fourth-order valence-electron chi connectivity index (χ4n) is 2.27.